The number of nitrogens with one attached hydrogen (secondary N) is 1. The standard InChI is InChI=1S/C19H19N3O3/c23-19(14-4-2-1-3-5-14)20-15-6-7-18-16(12-15)17(21-25-18)13-22-8-10-24-11-9-22/h1-7,12H,8-11,13H2,(H,20,23). The average Bonchev–Trinajstić information content (AvgIpc) is 3.05. The van der Waals surface area contributed by atoms with Crippen LogP contribution in [0, 0.1) is 0 Å². The number of rotatable bonds is 4. The number of carbonyl (C=O) groups is 1. The number of benzene rings is 2. The van der Waals surface area contributed by atoms with Gasteiger partial charge in [-0.1, -0.05) is 23.4 Å². The first kappa shape index (κ1) is 15.8. The molecule has 1 amide bonds. The molecule has 1 saturated heterocycles. The Bertz CT molecular complexity index is 870. The Labute approximate surface area is 145 Å². The maximum absolute atomic E-state index is 12.3. The first-order valence-corrected chi connectivity index (χ1v) is 8.34. The monoisotopic (exact) mass is 337 g/mol. The van der Waals surface area contributed by atoms with E-state index in [1.54, 1.807) is 12.1 Å². The highest BCUT2D eigenvalue weighted by molar-refractivity contribution is 6.05. The maximum Gasteiger partial charge on any atom is 0.255 e. The van der Waals surface area contributed by atoms with Gasteiger partial charge in [0.05, 0.1) is 13.2 Å². The molecule has 0 aliphatic carbocycles. The topological polar surface area (TPSA) is 67.6 Å². The summed E-state index contributed by atoms with van der Waals surface area (Å²) in [4.78, 5) is 14.6. The molecule has 2 aromatic carbocycles. The number of hydrogen-bond acceptors (Lipinski definition) is 5. The summed E-state index contributed by atoms with van der Waals surface area (Å²) in [6.07, 6.45) is 0. The second-order valence-electron chi connectivity index (χ2n) is 6.05. The maximum atomic E-state index is 12.3. The van der Waals surface area contributed by atoms with E-state index in [2.05, 4.69) is 15.4 Å². The summed E-state index contributed by atoms with van der Waals surface area (Å²) in [5, 5.41) is 8.05. The lowest BCUT2D eigenvalue weighted by atomic mass is 10.1. The van der Waals surface area contributed by atoms with Crippen molar-refractivity contribution in [3.8, 4) is 0 Å². The summed E-state index contributed by atoms with van der Waals surface area (Å²) >= 11 is 0. The van der Waals surface area contributed by atoms with E-state index < -0.39 is 0 Å². The van der Waals surface area contributed by atoms with Crippen LogP contribution in [0.15, 0.2) is 53.1 Å². The first-order chi connectivity index (χ1) is 12.3. The molecule has 1 aromatic heterocycles. The lowest BCUT2D eigenvalue weighted by Gasteiger charge is -2.25. The second-order valence-corrected chi connectivity index (χ2v) is 6.05. The smallest absolute Gasteiger partial charge is 0.255 e. The molecule has 0 bridgehead atoms. The Morgan fingerprint density at radius 2 is 1.92 bits per heavy atom. The first-order valence-electron chi connectivity index (χ1n) is 8.34. The van der Waals surface area contributed by atoms with Crippen LogP contribution in [0.3, 0.4) is 0 Å². The third kappa shape index (κ3) is 3.55. The average molecular weight is 337 g/mol. The van der Waals surface area contributed by atoms with Crippen molar-refractivity contribution in [1.29, 1.82) is 0 Å². The van der Waals surface area contributed by atoms with E-state index in [0.717, 1.165) is 48.7 Å². The molecule has 6 heteroatoms. The van der Waals surface area contributed by atoms with Gasteiger partial charge in [-0.05, 0) is 30.3 Å². The number of carbonyl (C=O) groups excluding carboxylic acids is 1. The van der Waals surface area contributed by atoms with Crippen molar-refractivity contribution < 1.29 is 14.1 Å². The molecule has 6 nitrogen and oxygen atoms in total. The molecule has 2 heterocycles. The van der Waals surface area contributed by atoms with E-state index in [1.807, 2.05) is 36.4 Å². The highest BCUT2D eigenvalue weighted by atomic mass is 16.5. The van der Waals surface area contributed by atoms with Crippen molar-refractivity contribution in [2.45, 2.75) is 6.54 Å². The Hall–Kier alpha value is -2.70. The molecule has 0 radical (unpaired) electrons. The number of fused-ring (bicyclic) bond motifs is 1. The zero-order valence-electron chi connectivity index (χ0n) is 13.8. The van der Waals surface area contributed by atoms with Crippen LogP contribution in [0.25, 0.3) is 11.0 Å². The number of morpholine rings is 1. The SMILES string of the molecule is O=C(Nc1ccc2onc(CN3CCOCC3)c2c1)c1ccccc1. The van der Waals surface area contributed by atoms with Gasteiger partial charge >= 0.3 is 0 Å². The van der Waals surface area contributed by atoms with E-state index in [4.69, 9.17) is 9.26 Å². The lowest BCUT2D eigenvalue weighted by Crippen LogP contribution is -2.35. The van der Waals surface area contributed by atoms with Gasteiger partial charge in [0.25, 0.3) is 5.91 Å². The molecular formula is C19H19N3O3. The number of hydrogen-bond donors (Lipinski definition) is 1. The second kappa shape index (κ2) is 7.04. The van der Waals surface area contributed by atoms with Gasteiger partial charge in [0.15, 0.2) is 5.58 Å². The van der Waals surface area contributed by atoms with Gasteiger partial charge in [0.1, 0.15) is 5.69 Å². The Morgan fingerprint density at radius 3 is 2.72 bits per heavy atom. The van der Waals surface area contributed by atoms with Crippen LogP contribution in [0.1, 0.15) is 16.1 Å². The van der Waals surface area contributed by atoms with Crippen LogP contribution in [-0.2, 0) is 11.3 Å². The van der Waals surface area contributed by atoms with Crippen molar-refractivity contribution in [3.05, 3.63) is 59.8 Å². The molecule has 1 N–H and O–H groups in total. The van der Waals surface area contributed by atoms with Gasteiger partial charge in [-0.3, -0.25) is 9.69 Å². The minimum absolute atomic E-state index is 0.133. The number of amides is 1. The van der Waals surface area contributed by atoms with Crippen LogP contribution in [0.2, 0.25) is 0 Å². The van der Waals surface area contributed by atoms with E-state index in [0.29, 0.717) is 12.1 Å². The zero-order valence-corrected chi connectivity index (χ0v) is 13.8. The highest BCUT2D eigenvalue weighted by Gasteiger charge is 2.16. The fourth-order valence-electron chi connectivity index (χ4n) is 2.94. The molecule has 4 rings (SSSR count). The molecule has 0 saturated carbocycles. The van der Waals surface area contributed by atoms with Gasteiger partial charge in [0, 0.05) is 36.3 Å². The Kier molecular flexibility index (Phi) is 4.45. The van der Waals surface area contributed by atoms with Crippen molar-refractivity contribution >= 4 is 22.6 Å². The summed E-state index contributed by atoms with van der Waals surface area (Å²) in [6, 6.07) is 14.7. The van der Waals surface area contributed by atoms with Gasteiger partial charge in [-0.15, -0.1) is 0 Å². The third-order valence-corrected chi connectivity index (χ3v) is 4.32. The van der Waals surface area contributed by atoms with E-state index in [9.17, 15) is 4.79 Å². The van der Waals surface area contributed by atoms with Crippen molar-refractivity contribution in [2.75, 3.05) is 31.6 Å². The summed E-state index contributed by atoms with van der Waals surface area (Å²) in [6.45, 7) is 3.98. The molecule has 0 spiro atoms. The van der Waals surface area contributed by atoms with E-state index in [-0.39, 0.29) is 5.91 Å². The normalized spacial score (nSPS) is 15.4. The predicted molar refractivity (Wildman–Crippen MR) is 94.5 cm³/mol. The van der Waals surface area contributed by atoms with Crippen molar-refractivity contribution in [1.82, 2.24) is 10.1 Å². The van der Waals surface area contributed by atoms with Gasteiger partial charge < -0.3 is 14.6 Å². The van der Waals surface area contributed by atoms with Gasteiger partial charge in [-0.2, -0.15) is 0 Å². The highest BCUT2D eigenvalue weighted by Crippen LogP contribution is 2.24. The van der Waals surface area contributed by atoms with E-state index in [1.165, 1.54) is 0 Å². The molecule has 1 aliphatic rings. The molecule has 25 heavy (non-hydrogen) atoms. The fraction of sp³-hybridized carbons (Fsp3) is 0.263. The molecule has 3 aromatic rings. The molecular weight excluding hydrogens is 318 g/mol. The minimum atomic E-state index is -0.133. The number of nitrogens with zero attached hydrogens (tertiary/aromatic N) is 2. The number of aromatic nitrogens is 1. The van der Waals surface area contributed by atoms with Crippen LogP contribution in [0.4, 0.5) is 5.69 Å². The summed E-state index contributed by atoms with van der Waals surface area (Å²) in [7, 11) is 0. The lowest BCUT2D eigenvalue weighted by molar-refractivity contribution is 0.0334. The van der Waals surface area contributed by atoms with Gasteiger partial charge in [-0.25, -0.2) is 0 Å². The van der Waals surface area contributed by atoms with Gasteiger partial charge in [0.2, 0.25) is 0 Å². The Balaban J connectivity index is 1.54. The fourth-order valence-corrected chi connectivity index (χ4v) is 2.94. The zero-order chi connectivity index (χ0) is 17.1. The number of ether oxygens (including phenoxy) is 1. The number of anilines is 1. The minimum Gasteiger partial charge on any atom is -0.379 e. The molecule has 0 atom stereocenters. The third-order valence-electron chi connectivity index (χ3n) is 4.32. The van der Waals surface area contributed by atoms with Crippen LogP contribution >= 0.6 is 0 Å². The van der Waals surface area contributed by atoms with Crippen LogP contribution in [0.5, 0.6) is 0 Å². The molecule has 1 aliphatic heterocycles. The molecule has 1 fully saturated rings. The summed E-state index contributed by atoms with van der Waals surface area (Å²) in [5.74, 6) is -0.133. The van der Waals surface area contributed by atoms with Crippen LogP contribution in [-0.4, -0.2) is 42.3 Å². The Morgan fingerprint density at radius 1 is 1.12 bits per heavy atom. The largest absolute Gasteiger partial charge is 0.379 e. The molecule has 0 unspecified atom stereocenters. The van der Waals surface area contributed by atoms with Crippen molar-refractivity contribution in [3.63, 3.8) is 0 Å². The quantitative estimate of drug-likeness (QED) is 0.793. The van der Waals surface area contributed by atoms with Crippen molar-refractivity contribution in [2.24, 2.45) is 0 Å². The predicted octanol–water partition coefficient (Wildman–Crippen LogP) is 2.91. The summed E-state index contributed by atoms with van der Waals surface area (Å²) < 4.78 is 10.8. The summed E-state index contributed by atoms with van der Waals surface area (Å²) in [5.41, 5.74) is 2.96. The van der Waals surface area contributed by atoms with E-state index >= 15 is 0 Å². The molecule has 128 valence electrons. The van der Waals surface area contributed by atoms with Crippen LogP contribution < -0.4 is 5.32 Å².